The number of hydrogen-bond donors (Lipinski definition) is 0. The van der Waals surface area contributed by atoms with E-state index in [1.807, 2.05) is 0 Å². The predicted molar refractivity (Wildman–Crippen MR) is 96.0 cm³/mol. The van der Waals surface area contributed by atoms with E-state index in [4.69, 9.17) is 10.3 Å². The Hall–Kier alpha value is -0.860. The number of hydrogen-bond acceptors (Lipinski definition) is 2. The predicted octanol–water partition coefficient (Wildman–Crippen LogP) is 4.67. The van der Waals surface area contributed by atoms with Crippen molar-refractivity contribution in [3.63, 3.8) is 0 Å². The molecule has 8 saturated carbocycles. The van der Waals surface area contributed by atoms with Gasteiger partial charge in [-0.1, -0.05) is 5.21 Å². The molecule has 0 amide bonds. The summed E-state index contributed by atoms with van der Waals surface area (Å²) in [6.45, 7) is 0. The Morgan fingerprint density at radius 3 is 1.60 bits per heavy atom. The van der Waals surface area contributed by atoms with Gasteiger partial charge >= 0.3 is 0 Å². The lowest BCUT2D eigenvalue weighted by Gasteiger charge is -2.56. The second-order valence-corrected chi connectivity index (χ2v) is 11.4. The lowest BCUT2D eigenvalue weighted by Crippen LogP contribution is -2.52. The van der Waals surface area contributed by atoms with Crippen molar-refractivity contribution >= 4 is 0 Å². The highest BCUT2D eigenvalue weighted by Gasteiger charge is 2.55. The number of nitrogens with zero attached hydrogens (tertiary/aromatic N) is 3. The maximum Gasteiger partial charge on any atom is 0.0889 e. The molecule has 8 aliphatic rings. The van der Waals surface area contributed by atoms with Gasteiger partial charge in [0, 0.05) is 11.6 Å². The van der Waals surface area contributed by atoms with Crippen LogP contribution >= 0.6 is 0 Å². The molecule has 0 spiro atoms. The molecule has 8 bridgehead atoms. The Balaban J connectivity index is 1.25. The average molecular weight is 338 g/mol. The first-order valence-electron chi connectivity index (χ1n) is 11.1. The molecule has 1 aromatic heterocycles. The summed E-state index contributed by atoms with van der Waals surface area (Å²) in [5.41, 5.74) is 2.15. The molecule has 3 nitrogen and oxygen atoms in total. The Kier molecular flexibility index (Phi) is 2.57. The van der Waals surface area contributed by atoms with Crippen LogP contribution in [0.2, 0.25) is 0 Å². The summed E-state index contributed by atoms with van der Waals surface area (Å²) < 4.78 is 2.41. The third kappa shape index (κ3) is 1.88. The fourth-order valence-electron chi connectivity index (χ4n) is 9.51. The van der Waals surface area contributed by atoms with E-state index in [-0.39, 0.29) is 0 Å². The molecule has 1 aromatic rings. The molecular weight excluding hydrogens is 306 g/mol. The van der Waals surface area contributed by atoms with Crippen LogP contribution in [-0.2, 0) is 11.0 Å². The molecule has 0 N–H and O–H groups in total. The van der Waals surface area contributed by atoms with E-state index >= 15 is 0 Å². The van der Waals surface area contributed by atoms with E-state index in [1.165, 1.54) is 82.7 Å². The third-order valence-electron chi connectivity index (χ3n) is 9.57. The van der Waals surface area contributed by atoms with Gasteiger partial charge in [-0.3, -0.25) is 0 Å². The largest absolute Gasteiger partial charge is 0.246 e. The van der Waals surface area contributed by atoms with Crippen molar-refractivity contribution in [2.24, 2.45) is 35.5 Å². The number of aromatic nitrogens is 3. The van der Waals surface area contributed by atoms with Gasteiger partial charge in [-0.15, -0.1) is 5.10 Å². The topological polar surface area (TPSA) is 30.7 Å². The summed E-state index contributed by atoms with van der Waals surface area (Å²) in [5, 5.41) is 9.71. The van der Waals surface area contributed by atoms with Crippen LogP contribution in [0, 0.1) is 35.5 Å². The Morgan fingerprint density at radius 1 is 0.680 bits per heavy atom. The van der Waals surface area contributed by atoms with Crippen LogP contribution in [0.15, 0.2) is 6.20 Å². The normalized spacial score (nSPS) is 55.2. The smallest absolute Gasteiger partial charge is 0.0889 e. The van der Waals surface area contributed by atoms with Crippen LogP contribution in [0.5, 0.6) is 0 Å². The molecule has 1 heterocycles. The minimum absolute atomic E-state index is 0.349. The number of rotatable bonds is 2. The van der Waals surface area contributed by atoms with Crippen LogP contribution in [-0.4, -0.2) is 15.0 Å². The summed E-state index contributed by atoms with van der Waals surface area (Å²) in [6.07, 6.45) is 20.0. The zero-order chi connectivity index (χ0) is 16.2. The molecule has 25 heavy (non-hydrogen) atoms. The summed E-state index contributed by atoms with van der Waals surface area (Å²) in [4.78, 5) is 0. The summed E-state index contributed by atoms with van der Waals surface area (Å²) in [7, 11) is 0. The van der Waals surface area contributed by atoms with Crippen molar-refractivity contribution in [3.05, 3.63) is 11.9 Å². The van der Waals surface area contributed by atoms with Crippen LogP contribution in [0.3, 0.4) is 0 Å². The van der Waals surface area contributed by atoms with Crippen LogP contribution in [0.1, 0.15) is 82.7 Å². The molecule has 3 heteroatoms. The van der Waals surface area contributed by atoms with Crippen molar-refractivity contribution in [1.29, 1.82) is 0 Å². The van der Waals surface area contributed by atoms with Gasteiger partial charge in [0.15, 0.2) is 0 Å². The highest BCUT2D eigenvalue weighted by Crippen LogP contribution is 2.61. The molecule has 8 fully saturated rings. The van der Waals surface area contributed by atoms with E-state index in [1.54, 1.807) is 0 Å². The molecule has 0 saturated heterocycles. The van der Waals surface area contributed by atoms with Crippen molar-refractivity contribution < 1.29 is 0 Å². The molecule has 0 aliphatic heterocycles. The Labute approximate surface area is 150 Å². The van der Waals surface area contributed by atoms with Gasteiger partial charge in [-0.05, 0) is 113 Å². The van der Waals surface area contributed by atoms with Gasteiger partial charge in [0.2, 0.25) is 0 Å². The monoisotopic (exact) mass is 337 g/mol. The molecule has 9 rings (SSSR count). The fraction of sp³-hybridized carbons (Fsp3) is 0.909. The molecule has 0 atom stereocenters. The first-order chi connectivity index (χ1) is 12.2. The Morgan fingerprint density at radius 2 is 1.12 bits per heavy atom. The summed E-state index contributed by atoms with van der Waals surface area (Å²) in [6, 6.07) is 0. The minimum Gasteiger partial charge on any atom is -0.246 e. The van der Waals surface area contributed by atoms with Crippen molar-refractivity contribution in [1.82, 2.24) is 15.0 Å². The third-order valence-corrected chi connectivity index (χ3v) is 9.57. The molecule has 134 valence electrons. The van der Waals surface area contributed by atoms with E-state index < -0.39 is 0 Å². The van der Waals surface area contributed by atoms with E-state index in [2.05, 4.69) is 10.9 Å². The van der Waals surface area contributed by atoms with Gasteiger partial charge in [0.1, 0.15) is 0 Å². The highest BCUT2D eigenvalue weighted by atomic mass is 15.5. The van der Waals surface area contributed by atoms with E-state index in [0.29, 0.717) is 11.0 Å². The maximum atomic E-state index is 4.88. The maximum absolute atomic E-state index is 4.88. The molecule has 0 unspecified atom stereocenters. The van der Waals surface area contributed by atoms with Gasteiger partial charge in [-0.2, -0.15) is 0 Å². The van der Waals surface area contributed by atoms with E-state index in [9.17, 15) is 0 Å². The lowest BCUT2D eigenvalue weighted by molar-refractivity contribution is -0.0503. The van der Waals surface area contributed by atoms with Crippen LogP contribution in [0.25, 0.3) is 0 Å². The van der Waals surface area contributed by atoms with Gasteiger partial charge in [0.05, 0.1) is 11.2 Å². The first kappa shape index (κ1) is 14.2. The molecule has 0 aromatic carbocycles. The lowest BCUT2D eigenvalue weighted by atomic mass is 9.49. The second-order valence-electron chi connectivity index (χ2n) is 11.4. The highest BCUT2D eigenvalue weighted by molar-refractivity contribution is 5.21. The average Bonchev–Trinajstić information content (AvgIpc) is 3.04. The van der Waals surface area contributed by atoms with Crippen LogP contribution < -0.4 is 0 Å². The summed E-state index contributed by atoms with van der Waals surface area (Å²) >= 11 is 0. The first-order valence-corrected chi connectivity index (χ1v) is 11.1. The molecular formula is C22H31N3. The molecule has 0 radical (unpaired) electrons. The van der Waals surface area contributed by atoms with Gasteiger partial charge < -0.3 is 0 Å². The second kappa shape index (κ2) is 4.51. The van der Waals surface area contributed by atoms with Crippen molar-refractivity contribution in [2.75, 3.05) is 0 Å². The SMILES string of the molecule is c1c(C23CC4CC(CC(C4)C2)C3)nnn1C12CC3CC(CC(C3)C1)C2. The zero-order valence-electron chi connectivity index (χ0n) is 15.4. The van der Waals surface area contributed by atoms with E-state index in [0.717, 1.165) is 35.5 Å². The van der Waals surface area contributed by atoms with Crippen molar-refractivity contribution in [3.8, 4) is 0 Å². The standard InChI is InChI=1S/C22H31N3/c1-14-2-16-3-15(1)8-21(7-14,9-16)20-13-25(24-23-20)22-10-17-4-18(11-22)6-19(5-17)12-22/h13-19H,1-12H2. The summed E-state index contributed by atoms with van der Waals surface area (Å²) in [5.74, 6) is 5.94. The van der Waals surface area contributed by atoms with Crippen molar-refractivity contribution in [2.45, 2.75) is 88.0 Å². The molecule has 8 aliphatic carbocycles. The van der Waals surface area contributed by atoms with Gasteiger partial charge in [-0.25, -0.2) is 4.68 Å². The van der Waals surface area contributed by atoms with Gasteiger partial charge in [0.25, 0.3) is 0 Å². The Bertz CT molecular complexity index is 588. The zero-order valence-corrected chi connectivity index (χ0v) is 15.4. The fourth-order valence-corrected chi connectivity index (χ4v) is 9.51. The minimum atomic E-state index is 0.349. The quantitative estimate of drug-likeness (QED) is 0.785. The van der Waals surface area contributed by atoms with Crippen LogP contribution in [0.4, 0.5) is 0 Å².